The van der Waals surface area contributed by atoms with Crippen LogP contribution in [0.3, 0.4) is 0 Å². The number of rotatable bonds is 6. The third kappa shape index (κ3) is 4.77. The van der Waals surface area contributed by atoms with Gasteiger partial charge in [-0.2, -0.15) is 0 Å². The quantitative estimate of drug-likeness (QED) is 0.869. The minimum atomic E-state index is -0.202. The molecule has 124 valence electrons. The molecular formula is C16H23N5O2. The van der Waals surface area contributed by atoms with Gasteiger partial charge in [0.2, 0.25) is 5.91 Å². The third-order valence-electron chi connectivity index (χ3n) is 3.39. The van der Waals surface area contributed by atoms with Crippen LogP contribution in [0.15, 0.2) is 24.3 Å². The first-order chi connectivity index (χ1) is 10.9. The average Bonchev–Trinajstić information content (AvgIpc) is 2.96. The molecule has 2 aromatic rings. The molecule has 0 spiro atoms. The molecule has 0 atom stereocenters. The maximum absolute atomic E-state index is 12.0. The van der Waals surface area contributed by atoms with E-state index in [1.165, 1.54) is 0 Å². The number of carbonyl (C=O) groups excluding carboxylic acids is 1. The van der Waals surface area contributed by atoms with Gasteiger partial charge in [-0.1, -0.05) is 32.9 Å². The van der Waals surface area contributed by atoms with E-state index in [0.29, 0.717) is 12.4 Å². The summed E-state index contributed by atoms with van der Waals surface area (Å²) in [7, 11) is 1.64. The van der Waals surface area contributed by atoms with Crippen LogP contribution >= 0.6 is 0 Å². The van der Waals surface area contributed by atoms with E-state index in [1.807, 2.05) is 45.0 Å². The lowest BCUT2D eigenvalue weighted by Crippen LogP contribution is -2.32. The molecule has 0 bridgehead atoms. The summed E-state index contributed by atoms with van der Waals surface area (Å²) in [6, 6.07) is 7.80. The zero-order valence-corrected chi connectivity index (χ0v) is 14.0. The van der Waals surface area contributed by atoms with Crippen LogP contribution in [0.2, 0.25) is 0 Å². The summed E-state index contributed by atoms with van der Waals surface area (Å²) in [5.74, 6) is 1.42. The third-order valence-corrected chi connectivity index (χ3v) is 3.39. The topological polar surface area (TPSA) is 81.9 Å². The Balaban J connectivity index is 1.82. The number of ether oxygens (including phenoxy) is 1. The van der Waals surface area contributed by atoms with Crippen LogP contribution in [0.5, 0.6) is 5.75 Å². The van der Waals surface area contributed by atoms with Gasteiger partial charge in [0.15, 0.2) is 5.82 Å². The molecule has 0 saturated carbocycles. The van der Waals surface area contributed by atoms with Gasteiger partial charge in [-0.3, -0.25) is 4.79 Å². The van der Waals surface area contributed by atoms with Crippen LogP contribution in [-0.4, -0.2) is 39.8 Å². The Labute approximate surface area is 136 Å². The molecule has 0 unspecified atom stereocenters. The van der Waals surface area contributed by atoms with Gasteiger partial charge in [0.05, 0.1) is 7.11 Å². The van der Waals surface area contributed by atoms with E-state index in [4.69, 9.17) is 4.74 Å². The fraction of sp³-hybridized carbons (Fsp3) is 0.500. The molecule has 1 heterocycles. The Morgan fingerprint density at radius 3 is 2.57 bits per heavy atom. The van der Waals surface area contributed by atoms with Crippen LogP contribution in [-0.2, 0) is 23.2 Å². The predicted molar refractivity (Wildman–Crippen MR) is 86.2 cm³/mol. The average molecular weight is 317 g/mol. The lowest BCUT2D eigenvalue weighted by molar-refractivity contribution is -0.121. The van der Waals surface area contributed by atoms with Crippen molar-refractivity contribution in [1.29, 1.82) is 0 Å². The molecule has 2 rings (SSSR count). The van der Waals surface area contributed by atoms with Crippen LogP contribution in [0.1, 0.15) is 32.2 Å². The lowest BCUT2D eigenvalue weighted by atomic mass is 9.96. The first-order valence-corrected chi connectivity index (χ1v) is 7.56. The van der Waals surface area contributed by atoms with Crippen LogP contribution in [0.4, 0.5) is 0 Å². The molecule has 7 heteroatoms. The fourth-order valence-corrected chi connectivity index (χ4v) is 2.18. The Bertz CT molecular complexity index is 643. The van der Waals surface area contributed by atoms with Crippen molar-refractivity contribution in [2.24, 2.45) is 0 Å². The number of aromatic nitrogens is 4. The van der Waals surface area contributed by atoms with E-state index in [1.54, 1.807) is 11.8 Å². The monoisotopic (exact) mass is 317 g/mol. The summed E-state index contributed by atoms with van der Waals surface area (Å²) in [6.45, 7) is 6.73. The first-order valence-electron chi connectivity index (χ1n) is 7.56. The first kappa shape index (κ1) is 16.9. The number of amides is 1. The van der Waals surface area contributed by atoms with Crippen LogP contribution in [0, 0.1) is 0 Å². The van der Waals surface area contributed by atoms with Crippen molar-refractivity contribution in [1.82, 2.24) is 25.5 Å². The highest BCUT2D eigenvalue weighted by atomic mass is 16.5. The number of hydrogen-bond acceptors (Lipinski definition) is 5. The minimum absolute atomic E-state index is 0.101. The SMILES string of the molecule is COc1ccc(CCNC(=O)Cn2nnnc2C(C)(C)C)cc1. The van der Waals surface area contributed by atoms with Crippen LogP contribution in [0.25, 0.3) is 0 Å². The van der Waals surface area contributed by atoms with Gasteiger partial charge >= 0.3 is 0 Å². The van der Waals surface area contributed by atoms with Crippen molar-refractivity contribution in [3.05, 3.63) is 35.7 Å². The zero-order valence-electron chi connectivity index (χ0n) is 14.0. The normalized spacial score (nSPS) is 11.3. The highest BCUT2D eigenvalue weighted by Crippen LogP contribution is 2.18. The molecular weight excluding hydrogens is 294 g/mol. The van der Waals surface area contributed by atoms with E-state index in [9.17, 15) is 4.79 Å². The van der Waals surface area contributed by atoms with Gasteiger partial charge in [0, 0.05) is 12.0 Å². The molecule has 1 aromatic heterocycles. The molecule has 0 fully saturated rings. The number of tetrazole rings is 1. The van der Waals surface area contributed by atoms with Gasteiger partial charge in [0.1, 0.15) is 12.3 Å². The molecule has 0 saturated heterocycles. The zero-order chi connectivity index (χ0) is 16.9. The summed E-state index contributed by atoms with van der Waals surface area (Å²) < 4.78 is 6.66. The number of methoxy groups -OCH3 is 1. The predicted octanol–water partition coefficient (Wildman–Crippen LogP) is 1.34. The molecule has 1 amide bonds. The van der Waals surface area contributed by atoms with Gasteiger partial charge in [0.25, 0.3) is 0 Å². The minimum Gasteiger partial charge on any atom is -0.497 e. The molecule has 0 aliphatic carbocycles. The Kier molecular flexibility index (Phi) is 5.31. The number of carbonyl (C=O) groups is 1. The van der Waals surface area contributed by atoms with Crippen molar-refractivity contribution < 1.29 is 9.53 Å². The smallest absolute Gasteiger partial charge is 0.241 e. The van der Waals surface area contributed by atoms with Gasteiger partial charge < -0.3 is 10.1 Å². The summed E-state index contributed by atoms with van der Waals surface area (Å²) in [5.41, 5.74) is 0.941. The lowest BCUT2D eigenvalue weighted by Gasteiger charge is -2.16. The summed E-state index contributed by atoms with van der Waals surface area (Å²) in [6.07, 6.45) is 0.761. The van der Waals surface area contributed by atoms with Crippen LogP contribution < -0.4 is 10.1 Å². The Morgan fingerprint density at radius 1 is 1.26 bits per heavy atom. The number of nitrogens with zero attached hydrogens (tertiary/aromatic N) is 4. The summed E-state index contributed by atoms with van der Waals surface area (Å²) >= 11 is 0. The van der Waals surface area contributed by atoms with Crippen molar-refractivity contribution in [2.45, 2.75) is 39.2 Å². The maximum atomic E-state index is 12.0. The molecule has 0 radical (unpaired) electrons. The van der Waals surface area contributed by atoms with E-state index in [2.05, 4.69) is 20.8 Å². The number of benzene rings is 1. The second-order valence-electron chi connectivity index (χ2n) is 6.36. The van der Waals surface area contributed by atoms with Gasteiger partial charge in [-0.15, -0.1) is 5.10 Å². The number of hydrogen-bond donors (Lipinski definition) is 1. The van der Waals surface area contributed by atoms with Gasteiger partial charge in [-0.05, 0) is 34.5 Å². The van der Waals surface area contributed by atoms with Crippen molar-refractivity contribution in [3.8, 4) is 5.75 Å². The van der Waals surface area contributed by atoms with E-state index in [0.717, 1.165) is 17.7 Å². The Morgan fingerprint density at radius 2 is 1.96 bits per heavy atom. The molecule has 0 aliphatic heterocycles. The highest BCUT2D eigenvalue weighted by Gasteiger charge is 2.22. The summed E-state index contributed by atoms with van der Waals surface area (Å²) in [4.78, 5) is 12.0. The largest absolute Gasteiger partial charge is 0.497 e. The molecule has 1 aromatic carbocycles. The Hall–Kier alpha value is -2.44. The fourth-order valence-electron chi connectivity index (χ4n) is 2.18. The van der Waals surface area contributed by atoms with Crippen molar-refractivity contribution >= 4 is 5.91 Å². The van der Waals surface area contributed by atoms with E-state index >= 15 is 0 Å². The van der Waals surface area contributed by atoms with Gasteiger partial charge in [-0.25, -0.2) is 4.68 Å². The second-order valence-corrected chi connectivity index (χ2v) is 6.36. The standard InChI is InChI=1S/C16H23N5O2/c1-16(2,3)15-18-19-20-21(15)11-14(22)17-10-9-12-5-7-13(23-4)8-6-12/h5-8H,9-11H2,1-4H3,(H,17,22). The second kappa shape index (κ2) is 7.21. The molecule has 7 nitrogen and oxygen atoms in total. The molecule has 23 heavy (non-hydrogen) atoms. The van der Waals surface area contributed by atoms with Crippen molar-refractivity contribution in [2.75, 3.05) is 13.7 Å². The highest BCUT2D eigenvalue weighted by molar-refractivity contribution is 5.75. The van der Waals surface area contributed by atoms with E-state index < -0.39 is 0 Å². The van der Waals surface area contributed by atoms with E-state index in [-0.39, 0.29) is 17.9 Å². The van der Waals surface area contributed by atoms with Crippen molar-refractivity contribution in [3.63, 3.8) is 0 Å². The number of nitrogens with one attached hydrogen (secondary N) is 1. The molecule has 1 N–H and O–H groups in total. The molecule has 0 aliphatic rings. The maximum Gasteiger partial charge on any atom is 0.241 e. The summed E-state index contributed by atoms with van der Waals surface area (Å²) in [5, 5.41) is 14.4.